The van der Waals surface area contributed by atoms with E-state index in [1.807, 2.05) is 23.1 Å². The van der Waals surface area contributed by atoms with Crippen molar-refractivity contribution in [3.8, 4) is 23.0 Å². The summed E-state index contributed by atoms with van der Waals surface area (Å²) in [6.45, 7) is 4.26. The molecule has 27 heavy (non-hydrogen) atoms. The molecule has 3 aliphatic heterocycles. The number of hydrogen-bond donors (Lipinski definition) is 0. The van der Waals surface area contributed by atoms with Crippen LogP contribution in [0.5, 0.6) is 23.0 Å². The molecule has 140 valence electrons. The van der Waals surface area contributed by atoms with Crippen molar-refractivity contribution in [1.82, 2.24) is 4.90 Å². The van der Waals surface area contributed by atoms with Gasteiger partial charge in [-0.3, -0.25) is 4.79 Å². The van der Waals surface area contributed by atoms with Crippen LogP contribution in [-0.4, -0.2) is 57.0 Å². The highest BCUT2D eigenvalue weighted by Gasteiger charge is 2.25. The number of carbonyl (C=O) groups is 1. The van der Waals surface area contributed by atoms with Gasteiger partial charge in [-0.25, -0.2) is 0 Å². The van der Waals surface area contributed by atoms with E-state index in [1.165, 1.54) is 0 Å². The molecule has 0 unspecified atom stereocenters. The second-order valence-corrected chi connectivity index (χ2v) is 6.68. The van der Waals surface area contributed by atoms with E-state index >= 15 is 0 Å². The van der Waals surface area contributed by atoms with Crippen LogP contribution in [0.3, 0.4) is 0 Å². The Morgan fingerprint density at radius 3 is 2.26 bits per heavy atom. The van der Waals surface area contributed by atoms with Gasteiger partial charge in [0.05, 0.1) is 0 Å². The average Bonchev–Trinajstić information content (AvgIpc) is 3.21. The van der Waals surface area contributed by atoms with Crippen LogP contribution in [0.1, 0.15) is 10.4 Å². The molecular weight excluding hydrogens is 348 g/mol. The highest BCUT2D eigenvalue weighted by atomic mass is 16.7. The minimum atomic E-state index is 0.0233. The van der Waals surface area contributed by atoms with E-state index in [4.69, 9.17) is 18.9 Å². The molecule has 1 fully saturated rings. The second kappa shape index (κ2) is 6.57. The van der Waals surface area contributed by atoms with Crippen molar-refractivity contribution in [2.75, 3.05) is 51.1 Å². The molecule has 0 atom stereocenters. The molecule has 0 saturated carbocycles. The third-order valence-corrected chi connectivity index (χ3v) is 5.08. The zero-order valence-electron chi connectivity index (χ0n) is 14.8. The second-order valence-electron chi connectivity index (χ2n) is 6.68. The molecule has 3 heterocycles. The maximum Gasteiger partial charge on any atom is 0.254 e. The van der Waals surface area contributed by atoms with Gasteiger partial charge in [-0.05, 0) is 30.3 Å². The lowest BCUT2D eigenvalue weighted by atomic mass is 10.1. The Labute approximate surface area is 157 Å². The molecular formula is C20H20N2O5. The predicted molar refractivity (Wildman–Crippen MR) is 98.1 cm³/mol. The van der Waals surface area contributed by atoms with Crippen LogP contribution in [-0.2, 0) is 0 Å². The summed E-state index contributed by atoms with van der Waals surface area (Å²) < 4.78 is 21.9. The number of amides is 1. The molecule has 0 aliphatic carbocycles. The van der Waals surface area contributed by atoms with Crippen LogP contribution in [0.4, 0.5) is 5.69 Å². The molecule has 7 nitrogen and oxygen atoms in total. The van der Waals surface area contributed by atoms with E-state index < -0.39 is 0 Å². The summed E-state index contributed by atoms with van der Waals surface area (Å²) in [5.74, 6) is 2.93. The first kappa shape index (κ1) is 16.1. The quantitative estimate of drug-likeness (QED) is 0.810. The van der Waals surface area contributed by atoms with Crippen LogP contribution in [0.25, 0.3) is 0 Å². The first-order chi connectivity index (χ1) is 13.3. The van der Waals surface area contributed by atoms with Gasteiger partial charge in [0, 0.05) is 43.5 Å². The smallest absolute Gasteiger partial charge is 0.254 e. The largest absolute Gasteiger partial charge is 0.486 e. The summed E-state index contributed by atoms with van der Waals surface area (Å²) in [4.78, 5) is 17.0. The topological polar surface area (TPSA) is 60.5 Å². The van der Waals surface area contributed by atoms with Gasteiger partial charge >= 0.3 is 0 Å². The Hall–Kier alpha value is -3.09. The number of fused-ring (bicyclic) bond motifs is 2. The zero-order chi connectivity index (χ0) is 18.2. The minimum absolute atomic E-state index is 0.0233. The average molecular weight is 368 g/mol. The van der Waals surface area contributed by atoms with Crippen LogP contribution in [0.15, 0.2) is 36.4 Å². The van der Waals surface area contributed by atoms with E-state index in [1.54, 1.807) is 18.2 Å². The minimum Gasteiger partial charge on any atom is -0.486 e. The van der Waals surface area contributed by atoms with E-state index in [2.05, 4.69) is 4.90 Å². The van der Waals surface area contributed by atoms with Crippen molar-refractivity contribution in [3.63, 3.8) is 0 Å². The van der Waals surface area contributed by atoms with E-state index in [0.29, 0.717) is 43.4 Å². The Morgan fingerprint density at radius 2 is 1.41 bits per heavy atom. The molecule has 0 spiro atoms. The summed E-state index contributed by atoms with van der Waals surface area (Å²) in [7, 11) is 0. The van der Waals surface area contributed by atoms with Crippen molar-refractivity contribution in [3.05, 3.63) is 42.0 Å². The molecule has 0 radical (unpaired) electrons. The maximum absolute atomic E-state index is 12.8. The molecule has 7 heteroatoms. The fourth-order valence-corrected chi connectivity index (χ4v) is 3.61. The van der Waals surface area contributed by atoms with Crippen LogP contribution in [0.2, 0.25) is 0 Å². The molecule has 5 rings (SSSR count). The van der Waals surface area contributed by atoms with Crippen molar-refractivity contribution in [2.24, 2.45) is 0 Å². The van der Waals surface area contributed by atoms with Crippen LogP contribution < -0.4 is 23.8 Å². The van der Waals surface area contributed by atoms with Gasteiger partial charge in [0.1, 0.15) is 13.2 Å². The summed E-state index contributed by atoms with van der Waals surface area (Å²) in [5, 5.41) is 0. The summed E-state index contributed by atoms with van der Waals surface area (Å²) in [6, 6.07) is 11.4. The maximum atomic E-state index is 12.8. The number of piperazine rings is 1. The lowest BCUT2D eigenvalue weighted by molar-refractivity contribution is 0.0746. The van der Waals surface area contributed by atoms with E-state index in [9.17, 15) is 4.79 Å². The number of anilines is 1. The Morgan fingerprint density at radius 1 is 0.741 bits per heavy atom. The van der Waals surface area contributed by atoms with Crippen molar-refractivity contribution in [2.45, 2.75) is 0 Å². The zero-order valence-corrected chi connectivity index (χ0v) is 14.8. The molecule has 2 aromatic rings. The van der Waals surface area contributed by atoms with Gasteiger partial charge in [0.25, 0.3) is 5.91 Å². The highest BCUT2D eigenvalue weighted by molar-refractivity contribution is 5.95. The fraction of sp³-hybridized carbons (Fsp3) is 0.350. The van der Waals surface area contributed by atoms with Gasteiger partial charge < -0.3 is 28.7 Å². The standard InChI is InChI=1S/C20H20N2O5/c23-20(14-1-3-17-18(11-14)27-13-26-17)22-7-5-21(6-8-22)15-2-4-16-19(12-15)25-10-9-24-16/h1-4,11-12H,5-10,13H2. The third-order valence-electron chi connectivity index (χ3n) is 5.08. The Balaban J connectivity index is 1.25. The predicted octanol–water partition coefficient (Wildman–Crippen LogP) is 2.15. The van der Waals surface area contributed by atoms with Gasteiger partial charge in [-0.2, -0.15) is 0 Å². The fourth-order valence-electron chi connectivity index (χ4n) is 3.61. The molecule has 1 amide bonds. The monoisotopic (exact) mass is 368 g/mol. The van der Waals surface area contributed by atoms with Gasteiger partial charge in [0.2, 0.25) is 6.79 Å². The Bertz CT molecular complexity index is 877. The van der Waals surface area contributed by atoms with Crippen molar-refractivity contribution >= 4 is 11.6 Å². The normalized spacial score (nSPS) is 17.8. The molecule has 2 aromatic carbocycles. The number of carbonyl (C=O) groups excluding carboxylic acids is 1. The van der Waals surface area contributed by atoms with Gasteiger partial charge in [0.15, 0.2) is 23.0 Å². The lowest BCUT2D eigenvalue weighted by Crippen LogP contribution is -2.48. The van der Waals surface area contributed by atoms with Crippen LogP contribution >= 0.6 is 0 Å². The molecule has 1 saturated heterocycles. The number of ether oxygens (including phenoxy) is 4. The summed E-state index contributed by atoms with van der Waals surface area (Å²) in [6.07, 6.45) is 0. The third kappa shape index (κ3) is 2.99. The van der Waals surface area contributed by atoms with Crippen LogP contribution in [0, 0.1) is 0 Å². The molecule has 0 N–H and O–H groups in total. The number of rotatable bonds is 2. The summed E-state index contributed by atoms with van der Waals surface area (Å²) in [5.41, 5.74) is 1.72. The highest BCUT2D eigenvalue weighted by Crippen LogP contribution is 2.35. The van der Waals surface area contributed by atoms with Crippen molar-refractivity contribution in [1.29, 1.82) is 0 Å². The molecule has 0 aromatic heterocycles. The number of hydrogen-bond acceptors (Lipinski definition) is 6. The first-order valence-corrected chi connectivity index (χ1v) is 9.11. The molecule has 3 aliphatic rings. The number of benzene rings is 2. The Kier molecular flexibility index (Phi) is 3.92. The molecule has 0 bridgehead atoms. The van der Waals surface area contributed by atoms with Crippen molar-refractivity contribution < 1.29 is 23.7 Å². The number of nitrogens with zero attached hydrogens (tertiary/aromatic N) is 2. The SMILES string of the molecule is O=C(c1ccc2c(c1)OCO2)N1CCN(c2ccc3c(c2)OCCO3)CC1. The van der Waals surface area contributed by atoms with E-state index in [-0.39, 0.29) is 12.7 Å². The lowest BCUT2D eigenvalue weighted by Gasteiger charge is -2.36. The summed E-state index contributed by atoms with van der Waals surface area (Å²) >= 11 is 0. The van der Waals surface area contributed by atoms with Gasteiger partial charge in [-0.15, -0.1) is 0 Å². The van der Waals surface area contributed by atoms with Gasteiger partial charge in [-0.1, -0.05) is 0 Å². The van der Waals surface area contributed by atoms with E-state index in [0.717, 1.165) is 30.3 Å². The first-order valence-electron chi connectivity index (χ1n) is 9.11.